The number of pyridine rings is 1. The number of hydrogen-bond donors (Lipinski definition) is 1. The molecule has 18 heavy (non-hydrogen) atoms. The molecule has 1 heterocycles. The van der Waals surface area contributed by atoms with Gasteiger partial charge in [-0.25, -0.2) is 4.98 Å². The highest BCUT2D eigenvalue weighted by molar-refractivity contribution is 5.81. The Morgan fingerprint density at radius 3 is 2.78 bits per heavy atom. The molecule has 0 atom stereocenters. The molecule has 0 aliphatic carbocycles. The van der Waals surface area contributed by atoms with Gasteiger partial charge in [0.1, 0.15) is 5.82 Å². The normalized spacial score (nSPS) is 10.8. The molecular formula is C15H21N3. The molecule has 0 radical (unpaired) electrons. The Morgan fingerprint density at radius 1 is 1.28 bits per heavy atom. The Morgan fingerprint density at radius 2 is 2.06 bits per heavy atom. The number of fused-ring (bicyclic) bond motifs is 1. The van der Waals surface area contributed by atoms with Crippen LogP contribution in [-0.4, -0.2) is 25.6 Å². The lowest BCUT2D eigenvalue weighted by atomic mass is 10.1. The molecule has 0 bridgehead atoms. The van der Waals surface area contributed by atoms with E-state index in [1.54, 1.807) is 0 Å². The van der Waals surface area contributed by atoms with E-state index in [-0.39, 0.29) is 0 Å². The first-order chi connectivity index (χ1) is 8.76. The number of nitrogens with zero attached hydrogens (tertiary/aromatic N) is 2. The second kappa shape index (κ2) is 5.83. The summed E-state index contributed by atoms with van der Waals surface area (Å²) in [7, 11) is 4.08. The Bertz CT molecular complexity index is 522. The minimum absolute atomic E-state index is 0.848. The topological polar surface area (TPSA) is 28.2 Å². The van der Waals surface area contributed by atoms with E-state index in [0.29, 0.717) is 0 Å². The number of nitrogens with one attached hydrogen (secondary N) is 1. The van der Waals surface area contributed by atoms with Gasteiger partial charge in [0.15, 0.2) is 0 Å². The molecule has 0 aliphatic heterocycles. The Kier molecular flexibility index (Phi) is 4.15. The molecule has 0 saturated heterocycles. The van der Waals surface area contributed by atoms with Crippen molar-refractivity contribution in [3.8, 4) is 0 Å². The molecule has 0 unspecified atom stereocenters. The maximum absolute atomic E-state index is 4.80. The summed E-state index contributed by atoms with van der Waals surface area (Å²) in [6.07, 6.45) is 1.13. The number of rotatable bonds is 5. The van der Waals surface area contributed by atoms with Crippen LogP contribution < -0.4 is 10.2 Å². The lowest BCUT2D eigenvalue weighted by molar-refractivity contribution is 0.788. The van der Waals surface area contributed by atoms with E-state index in [0.717, 1.165) is 30.8 Å². The van der Waals surface area contributed by atoms with Crippen molar-refractivity contribution < 1.29 is 0 Å². The van der Waals surface area contributed by atoms with Crippen LogP contribution in [0.4, 0.5) is 5.82 Å². The van der Waals surface area contributed by atoms with E-state index in [1.165, 1.54) is 10.9 Å². The fourth-order valence-electron chi connectivity index (χ4n) is 2.24. The van der Waals surface area contributed by atoms with Crippen molar-refractivity contribution in [3.63, 3.8) is 0 Å². The molecule has 0 fully saturated rings. The highest BCUT2D eigenvalue weighted by atomic mass is 15.2. The number of hydrogen-bond acceptors (Lipinski definition) is 3. The van der Waals surface area contributed by atoms with Gasteiger partial charge in [0, 0.05) is 31.1 Å². The number of aromatic nitrogens is 1. The van der Waals surface area contributed by atoms with Crippen molar-refractivity contribution in [2.24, 2.45) is 0 Å². The second-order valence-corrected chi connectivity index (χ2v) is 4.62. The van der Waals surface area contributed by atoms with E-state index in [1.807, 2.05) is 13.1 Å². The summed E-state index contributed by atoms with van der Waals surface area (Å²) in [6.45, 7) is 4.07. The van der Waals surface area contributed by atoms with E-state index in [2.05, 4.69) is 48.5 Å². The third-order valence-electron chi connectivity index (χ3n) is 3.07. The van der Waals surface area contributed by atoms with Crippen LogP contribution in [0.15, 0.2) is 30.3 Å². The van der Waals surface area contributed by atoms with E-state index in [9.17, 15) is 0 Å². The third-order valence-corrected chi connectivity index (χ3v) is 3.07. The summed E-state index contributed by atoms with van der Waals surface area (Å²) in [6, 6.07) is 10.5. The van der Waals surface area contributed by atoms with Gasteiger partial charge in [-0.1, -0.05) is 25.1 Å². The van der Waals surface area contributed by atoms with Crippen molar-refractivity contribution in [2.75, 3.05) is 25.5 Å². The lowest BCUT2D eigenvalue weighted by Gasteiger charge is -2.21. The SMILES string of the molecule is CCCN(C)c1nc2ccccc2cc1CNC. The highest BCUT2D eigenvalue weighted by Crippen LogP contribution is 2.23. The quantitative estimate of drug-likeness (QED) is 0.875. The molecule has 96 valence electrons. The standard InChI is InChI=1S/C15H21N3/c1-4-9-18(3)15-13(11-16-2)10-12-7-5-6-8-14(12)17-15/h5-8,10,16H,4,9,11H2,1-3H3. The van der Waals surface area contributed by atoms with Crippen molar-refractivity contribution in [1.29, 1.82) is 0 Å². The van der Waals surface area contributed by atoms with E-state index in [4.69, 9.17) is 4.98 Å². The number of anilines is 1. The van der Waals surface area contributed by atoms with E-state index < -0.39 is 0 Å². The van der Waals surface area contributed by atoms with Gasteiger partial charge in [-0.3, -0.25) is 0 Å². The molecule has 0 spiro atoms. The molecule has 2 rings (SSSR count). The molecule has 1 aromatic carbocycles. The van der Waals surface area contributed by atoms with Crippen LogP contribution in [0.1, 0.15) is 18.9 Å². The predicted octanol–water partition coefficient (Wildman–Crippen LogP) is 2.80. The summed E-state index contributed by atoms with van der Waals surface area (Å²) in [4.78, 5) is 7.03. The molecule has 3 heteroatoms. The fourth-order valence-corrected chi connectivity index (χ4v) is 2.24. The summed E-state index contributed by atoms with van der Waals surface area (Å²) in [5.41, 5.74) is 2.32. The molecule has 0 saturated carbocycles. The van der Waals surface area contributed by atoms with Crippen molar-refractivity contribution in [3.05, 3.63) is 35.9 Å². The molecule has 2 aromatic rings. The smallest absolute Gasteiger partial charge is 0.133 e. The zero-order valence-corrected chi connectivity index (χ0v) is 11.4. The van der Waals surface area contributed by atoms with Gasteiger partial charge in [0.2, 0.25) is 0 Å². The number of para-hydroxylation sites is 1. The van der Waals surface area contributed by atoms with Gasteiger partial charge in [-0.2, -0.15) is 0 Å². The molecular weight excluding hydrogens is 222 g/mol. The van der Waals surface area contributed by atoms with Crippen LogP contribution >= 0.6 is 0 Å². The molecule has 1 aromatic heterocycles. The van der Waals surface area contributed by atoms with Gasteiger partial charge in [0.25, 0.3) is 0 Å². The average molecular weight is 243 g/mol. The first-order valence-electron chi connectivity index (χ1n) is 6.50. The monoisotopic (exact) mass is 243 g/mol. The summed E-state index contributed by atoms with van der Waals surface area (Å²) in [5.74, 6) is 1.09. The molecule has 0 amide bonds. The van der Waals surface area contributed by atoms with Crippen LogP contribution in [0.2, 0.25) is 0 Å². The molecule has 0 aliphatic rings. The average Bonchev–Trinajstić information content (AvgIpc) is 2.38. The first-order valence-corrected chi connectivity index (χ1v) is 6.50. The van der Waals surface area contributed by atoms with Crippen molar-refractivity contribution >= 4 is 16.7 Å². The number of benzene rings is 1. The third kappa shape index (κ3) is 2.62. The highest BCUT2D eigenvalue weighted by Gasteiger charge is 2.09. The molecule has 3 nitrogen and oxygen atoms in total. The largest absolute Gasteiger partial charge is 0.359 e. The van der Waals surface area contributed by atoms with Crippen molar-refractivity contribution in [2.45, 2.75) is 19.9 Å². The fraction of sp³-hybridized carbons (Fsp3) is 0.400. The van der Waals surface area contributed by atoms with Crippen LogP contribution in [0.25, 0.3) is 10.9 Å². The van der Waals surface area contributed by atoms with Crippen LogP contribution in [0, 0.1) is 0 Å². The van der Waals surface area contributed by atoms with Crippen LogP contribution in [0.5, 0.6) is 0 Å². The van der Waals surface area contributed by atoms with E-state index >= 15 is 0 Å². The van der Waals surface area contributed by atoms with Gasteiger partial charge in [-0.15, -0.1) is 0 Å². The van der Waals surface area contributed by atoms with Gasteiger partial charge >= 0.3 is 0 Å². The van der Waals surface area contributed by atoms with Gasteiger partial charge < -0.3 is 10.2 Å². The summed E-state index contributed by atoms with van der Waals surface area (Å²) >= 11 is 0. The Hall–Kier alpha value is -1.61. The summed E-state index contributed by atoms with van der Waals surface area (Å²) < 4.78 is 0. The zero-order chi connectivity index (χ0) is 13.0. The second-order valence-electron chi connectivity index (χ2n) is 4.62. The zero-order valence-electron chi connectivity index (χ0n) is 11.4. The minimum Gasteiger partial charge on any atom is -0.359 e. The first kappa shape index (κ1) is 12.8. The maximum Gasteiger partial charge on any atom is 0.133 e. The Labute approximate surface area is 109 Å². The van der Waals surface area contributed by atoms with Crippen LogP contribution in [0.3, 0.4) is 0 Å². The summed E-state index contributed by atoms with van der Waals surface area (Å²) in [5, 5.41) is 4.42. The van der Waals surface area contributed by atoms with Crippen LogP contribution in [-0.2, 0) is 6.54 Å². The lowest BCUT2D eigenvalue weighted by Crippen LogP contribution is -2.22. The maximum atomic E-state index is 4.80. The molecule has 1 N–H and O–H groups in total. The Balaban J connectivity index is 2.50. The van der Waals surface area contributed by atoms with Crippen molar-refractivity contribution in [1.82, 2.24) is 10.3 Å². The minimum atomic E-state index is 0.848. The van der Waals surface area contributed by atoms with Gasteiger partial charge in [-0.05, 0) is 25.6 Å². The van der Waals surface area contributed by atoms with Gasteiger partial charge in [0.05, 0.1) is 5.52 Å². The predicted molar refractivity (Wildman–Crippen MR) is 78.1 cm³/mol.